The molecule has 21 heavy (non-hydrogen) atoms. The number of rotatable bonds is 7. The molecule has 0 bridgehead atoms. The summed E-state index contributed by atoms with van der Waals surface area (Å²) in [6.07, 6.45) is -1.14. The summed E-state index contributed by atoms with van der Waals surface area (Å²) in [5.74, 6) is -0.642. The van der Waals surface area contributed by atoms with Gasteiger partial charge in [0, 0.05) is 23.9 Å². The molecule has 116 valence electrons. The van der Waals surface area contributed by atoms with Gasteiger partial charge < -0.3 is 15.5 Å². The summed E-state index contributed by atoms with van der Waals surface area (Å²) in [4.78, 5) is 23.6. The second-order valence-corrected chi connectivity index (χ2v) is 5.88. The van der Waals surface area contributed by atoms with E-state index in [9.17, 15) is 14.7 Å². The Balaban J connectivity index is 2.44. The molecule has 1 atom stereocenters. The van der Waals surface area contributed by atoms with Crippen molar-refractivity contribution in [2.24, 2.45) is 5.41 Å². The molecule has 0 heterocycles. The third-order valence-electron chi connectivity index (χ3n) is 3.42. The van der Waals surface area contributed by atoms with Crippen molar-refractivity contribution in [3.8, 4) is 0 Å². The first kappa shape index (κ1) is 17.3. The number of amides is 1. The lowest BCUT2D eigenvalue weighted by Crippen LogP contribution is -2.45. The lowest BCUT2D eigenvalue weighted by Gasteiger charge is -2.27. The molecular formula is C16H23NO4. The van der Waals surface area contributed by atoms with Crippen molar-refractivity contribution in [1.29, 1.82) is 0 Å². The zero-order chi connectivity index (χ0) is 16.0. The Morgan fingerprint density at radius 2 is 1.81 bits per heavy atom. The molecule has 0 saturated carbocycles. The van der Waals surface area contributed by atoms with Crippen LogP contribution in [0.15, 0.2) is 24.3 Å². The van der Waals surface area contributed by atoms with Crippen molar-refractivity contribution < 1.29 is 19.8 Å². The molecule has 0 aromatic heterocycles. The van der Waals surface area contributed by atoms with Crippen molar-refractivity contribution in [2.45, 2.75) is 33.3 Å². The molecule has 1 amide bonds. The zero-order valence-electron chi connectivity index (χ0n) is 12.7. The van der Waals surface area contributed by atoms with Crippen LogP contribution in [0.4, 0.5) is 0 Å². The second kappa shape index (κ2) is 7.33. The summed E-state index contributed by atoms with van der Waals surface area (Å²) in [5, 5.41) is 21.4. The maximum atomic E-state index is 11.9. The smallest absolute Gasteiger partial charge is 0.249 e. The van der Waals surface area contributed by atoms with E-state index < -0.39 is 17.4 Å². The normalized spacial score (nSPS) is 12.8. The van der Waals surface area contributed by atoms with Gasteiger partial charge in [-0.05, 0) is 6.92 Å². The van der Waals surface area contributed by atoms with Crippen molar-refractivity contribution in [3.05, 3.63) is 35.4 Å². The van der Waals surface area contributed by atoms with Crippen LogP contribution in [0.3, 0.4) is 0 Å². The predicted molar refractivity (Wildman–Crippen MR) is 80.0 cm³/mol. The van der Waals surface area contributed by atoms with Crippen LogP contribution in [0.25, 0.3) is 0 Å². The van der Waals surface area contributed by atoms with Crippen LogP contribution < -0.4 is 5.32 Å². The van der Waals surface area contributed by atoms with E-state index in [-0.39, 0.29) is 25.4 Å². The fourth-order valence-electron chi connectivity index (χ4n) is 1.72. The minimum atomic E-state index is -1.31. The van der Waals surface area contributed by atoms with E-state index in [0.29, 0.717) is 5.56 Å². The summed E-state index contributed by atoms with van der Waals surface area (Å²) >= 11 is 0. The van der Waals surface area contributed by atoms with Gasteiger partial charge in [-0.15, -0.1) is 0 Å². The zero-order valence-corrected chi connectivity index (χ0v) is 12.7. The third kappa shape index (κ3) is 4.95. The largest absolute Gasteiger partial charge is 0.396 e. The molecule has 0 aliphatic rings. The standard InChI is InChI=1S/C16H23NO4/c1-11-4-6-12(7-5-11)13(19)8-9-17-15(21)14(20)16(2,3)10-18/h4-7,14,18,20H,8-10H2,1-3H3,(H,17,21). The highest BCUT2D eigenvalue weighted by Gasteiger charge is 2.32. The van der Waals surface area contributed by atoms with Gasteiger partial charge in [-0.1, -0.05) is 43.7 Å². The molecule has 1 aromatic carbocycles. The van der Waals surface area contributed by atoms with Gasteiger partial charge in [0.05, 0.1) is 6.61 Å². The monoisotopic (exact) mass is 293 g/mol. The van der Waals surface area contributed by atoms with E-state index in [1.807, 2.05) is 19.1 Å². The molecule has 0 fully saturated rings. The molecule has 1 unspecified atom stereocenters. The number of Topliss-reactive ketones (excluding diaryl/α,β-unsaturated/α-hetero) is 1. The van der Waals surface area contributed by atoms with Crippen LogP contribution in [-0.4, -0.2) is 41.2 Å². The highest BCUT2D eigenvalue weighted by atomic mass is 16.3. The predicted octanol–water partition coefficient (Wildman–Crippen LogP) is 1.06. The maximum Gasteiger partial charge on any atom is 0.249 e. The number of hydrogen-bond acceptors (Lipinski definition) is 4. The highest BCUT2D eigenvalue weighted by Crippen LogP contribution is 2.19. The van der Waals surface area contributed by atoms with Crippen LogP contribution in [0.5, 0.6) is 0 Å². The summed E-state index contributed by atoms with van der Waals surface area (Å²) < 4.78 is 0. The van der Waals surface area contributed by atoms with Crippen molar-refractivity contribution in [3.63, 3.8) is 0 Å². The number of ketones is 1. The number of aliphatic hydroxyl groups is 2. The van der Waals surface area contributed by atoms with Crippen LogP contribution >= 0.6 is 0 Å². The van der Waals surface area contributed by atoms with Gasteiger partial charge >= 0.3 is 0 Å². The first-order valence-electron chi connectivity index (χ1n) is 6.94. The quantitative estimate of drug-likeness (QED) is 0.656. The molecule has 3 N–H and O–H groups in total. The summed E-state index contributed by atoms with van der Waals surface area (Å²) in [6.45, 7) is 4.98. The Morgan fingerprint density at radius 1 is 1.24 bits per heavy atom. The third-order valence-corrected chi connectivity index (χ3v) is 3.42. The Bertz CT molecular complexity index is 494. The number of aryl methyl sites for hydroxylation is 1. The van der Waals surface area contributed by atoms with Gasteiger partial charge in [0.15, 0.2) is 5.78 Å². The first-order chi connectivity index (χ1) is 9.77. The molecule has 5 nitrogen and oxygen atoms in total. The van der Waals surface area contributed by atoms with Crippen LogP contribution in [0.2, 0.25) is 0 Å². The summed E-state index contributed by atoms with van der Waals surface area (Å²) in [5.41, 5.74) is 0.769. The Labute approximate surface area is 125 Å². The fourth-order valence-corrected chi connectivity index (χ4v) is 1.72. The Morgan fingerprint density at radius 3 is 2.33 bits per heavy atom. The number of carbonyl (C=O) groups is 2. The summed E-state index contributed by atoms with van der Waals surface area (Å²) in [6, 6.07) is 7.23. The van der Waals surface area contributed by atoms with Gasteiger partial charge in [0.25, 0.3) is 0 Å². The van der Waals surface area contributed by atoms with Gasteiger partial charge in [-0.25, -0.2) is 0 Å². The fraction of sp³-hybridized carbons (Fsp3) is 0.500. The lowest BCUT2D eigenvalue weighted by molar-refractivity contribution is -0.137. The first-order valence-corrected chi connectivity index (χ1v) is 6.94. The Hall–Kier alpha value is -1.72. The molecule has 5 heteroatoms. The van der Waals surface area contributed by atoms with E-state index in [2.05, 4.69) is 5.32 Å². The van der Waals surface area contributed by atoms with Gasteiger partial charge in [-0.3, -0.25) is 9.59 Å². The molecule has 0 aliphatic carbocycles. The second-order valence-electron chi connectivity index (χ2n) is 5.88. The van der Waals surface area contributed by atoms with Gasteiger partial charge in [0.1, 0.15) is 6.10 Å². The molecule has 1 rings (SSSR count). The lowest BCUT2D eigenvalue weighted by atomic mass is 9.87. The molecule has 0 radical (unpaired) electrons. The molecule has 0 saturated heterocycles. The number of carbonyl (C=O) groups excluding carboxylic acids is 2. The van der Waals surface area contributed by atoms with E-state index in [1.54, 1.807) is 26.0 Å². The Kier molecular flexibility index (Phi) is 6.05. The van der Waals surface area contributed by atoms with Gasteiger partial charge in [-0.2, -0.15) is 0 Å². The van der Waals surface area contributed by atoms with Gasteiger partial charge in [0.2, 0.25) is 5.91 Å². The summed E-state index contributed by atoms with van der Waals surface area (Å²) in [7, 11) is 0. The average Bonchev–Trinajstić information content (AvgIpc) is 2.46. The van der Waals surface area contributed by atoms with Crippen molar-refractivity contribution in [1.82, 2.24) is 5.32 Å². The number of nitrogens with one attached hydrogen (secondary N) is 1. The number of aliphatic hydroxyl groups excluding tert-OH is 2. The molecular weight excluding hydrogens is 270 g/mol. The molecule has 1 aromatic rings. The van der Waals surface area contributed by atoms with Crippen molar-refractivity contribution in [2.75, 3.05) is 13.2 Å². The van der Waals surface area contributed by atoms with E-state index in [1.165, 1.54) is 0 Å². The maximum absolute atomic E-state index is 11.9. The van der Waals surface area contributed by atoms with Crippen molar-refractivity contribution >= 4 is 11.7 Å². The minimum Gasteiger partial charge on any atom is -0.396 e. The van der Waals surface area contributed by atoms with Crippen LogP contribution in [-0.2, 0) is 4.79 Å². The number of benzene rings is 1. The highest BCUT2D eigenvalue weighted by molar-refractivity contribution is 5.96. The van der Waals surface area contributed by atoms with E-state index >= 15 is 0 Å². The van der Waals surface area contributed by atoms with Crippen LogP contribution in [0, 0.1) is 12.3 Å². The average molecular weight is 293 g/mol. The minimum absolute atomic E-state index is 0.0637. The van der Waals surface area contributed by atoms with E-state index in [0.717, 1.165) is 5.56 Å². The topological polar surface area (TPSA) is 86.6 Å². The SMILES string of the molecule is Cc1ccc(C(=O)CCNC(=O)C(O)C(C)(C)CO)cc1. The van der Waals surface area contributed by atoms with Crippen LogP contribution in [0.1, 0.15) is 36.2 Å². The number of hydrogen-bond donors (Lipinski definition) is 3. The molecule has 0 spiro atoms. The molecule has 0 aliphatic heterocycles. The van der Waals surface area contributed by atoms with E-state index in [4.69, 9.17) is 5.11 Å².